The maximum Gasteiger partial charge on any atom is 0.0870 e. The molecular weight excluding hydrogens is 394 g/mol. The molecule has 1 aliphatic rings. The number of anilines is 2. The van der Waals surface area contributed by atoms with Crippen molar-refractivity contribution >= 4 is 29.0 Å². The molecule has 5 nitrogen and oxygen atoms in total. The average Bonchev–Trinajstić information content (AvgIpc) is 2.71. The molecule has 170 valence electrons. The van der Waals surface area contributed by atoms with Crippen molar-refractivity contribution in [2.75, 3.05) is 29.9 Å². The zero-order valence-electron chi connectivity index (χ0n) is 19.9. The normalized spacial score (nSPS) is 14.8. The van der Waals surface area contributed by atoms with Crippen LogP contribution in [0.25, 0.3) is 0 Å². The smallest absolute Gasteiger partial charge is 0.0870 e. The Labute approximate surface area is 192 Å². The van der Waals surface area contributed by atoms with Crippen molar-refractivity contribution < 1.29 is 0 Å². The summed E-state index contributed by atoms with van der Waals surface area (Å²) in [6.45, 7) is 11.7. The Balaban J connectivity index is 2.05. The van der Waals surface area contributed by atoms with E-state index in [0.717, 1.165) is 66.4 Å². The average molecular weight is 432 g/mol. The number of nitrogens with one attached hydrogen (secondary N) is 2. The number of para-hydroxylation sites is 2. The first-order valence-electron chi connectivity index (χ1n) is 11.6. The van der Waals surface area contributed by atoms with Gasteiger partial charge in [-0.2, -0.15) is 0 Å². The van der Waals surface area contributed by atoms with Gasteiger partial charge >= 0.3 is 0 Å². The van der Waals surface area contributed by atoms with Gasteiger partial charge in [0, 0.05) is 48.4 Å². The van der Waals surface area contributed by atoms with E-state index >= 15 is 0 Å². The van der Waals surface area contributed by atoms with E-state index in [1.807, 2.05) is 24.3 Å². The van der Waals surface area contributed by atoms with Gasteiger partial charge in [0.25, 0.3) is 0 Å². The predicted octanol–water partition coefficient (Wildman–Crippen LogP) is 6.12. The zero-order chi connectivity index (χ0) is 23.1. The molecule has 1 aliphatic heterocycles. The summed E-state index contributed by atoms with van der Waals surface area (Å²) in [4.78, 5) is 7.47. The molecule has 3 rings (SSSR count). The summed E-state index contributed by atoms with van der Waals surface area (Å²) in [5, 5.41) is 11.1. The van der Waals surface area contributed by atoms with Crippen molar-refractivity contribution in [3.05, 3.63) is 65.4 Å². The van der Waals surface area contributed by atoms with E-state index in [9.17, 15) is 0 Å². The number of nitrogens with zero attached hydrogens (tertiary/aromatic N) is 2. The molecule has 2 aromatic carbocycles. The molecule has 0 radical (unpaired) electrons. The van der Waals surface area contributed by atoms with Crippen molar-refractivity contribution in [3.63, 3.8) is 0 Å². The van der Waals surface area contributed by atoms with Crippen LogP contribution < -0.4 is 16.0 Å². The van der Waals surface area contributed by atoms with Crippen LogP contribution >= 0.6 is 0 Å². The van der Waals surface area contributed by atoms with Crippen molar-refractivity contribution in [2.24, 2.45) is 16.1 Å². The molecule has 0 bridgehead atoms. The van der Waals surface area contributed by atoms with Crippen LogP contribution in [0.3, 0.4) is 0 Å². The highest BCUT2D eigenvalue weighted by Gasteiger charge is 2.18. The molecule has 4 N–H and O–H groups in total. The van der Waals surface area contributed by atoms with Gasteiger partial charge in [0.2, 0.25) is 0 Å². The fourth-order valence-corrected chi connectivity index (χ4v) is 3.65. The Morgan fingerprint density at radius 3 is 2.56 bits per heavy atom. The lowest BCUT2D eigenvalue weighted by molar-refractivity contribution is 0.377. The van der Waals surface area contributed by atoms with Crippen LogP contribution in [0.2, 0.25) is 0 Å². The third kappa shape index (κ3) is 6.22. The monoisotopic (exact) mass is 431 g/mol. The minimum atomic E-state index is 0.226. The van der Waals surface area contributed by atoms with Gasteiger partial charge in [-0.25, -0.2) is 4.99 Å². The standard InChI is InChI=1S/C27H37N5/c1-5-30-24-17-20(11-12-21(24)19-28)25(18-22(29)13-14-27(2,3)4)31-23-9-6-7-10-26(23)32-15-8-16-32/h6-7,9-12,17-19,28,30H,5,8,13-16,29H2,1-4H3. The van der Waals surface area contributed by atoms with Gasteiger partial charge in [0.1, 0.15) is 0 Å². The van der Waals surface area contributed by atoms with Gasteiger partial charge in [-0.15, -0.1) is 0 Å². The Kier molecular flexibility index (Phi) is 7.73. The van der Waals surface area contributed by atoms with Crippen molar-refractivity contribution in [1.82, 2.24) is 0 Å². The first-order chi connectivity index (χ1) is 15.3. The fraction of sp³-hybridized carbons (Fsp3) is 0.407. The second-order valence-electron chi connectivity index (χ2n) is 9.58. The first kappa shape index (κ1) is 23.6. The van der Waals surface area contributed by atoms with Crippen LogP contribution in [0.4, 0.5) is 17.1 Å². The van der Waals surface area contributed by atoms with Gasteiger partial charge < -0.3 is 21.4 Å². The van der Waals surface area contributed by atoms with E-state index in [4.69, 9.17) is 16.1 Å². The minimum absolute atomic E-state index is 0.226. The molecule has 1 fully saturated rings. The summed E-state index contributed by atoms with van der Waals surface area (Å²) < 4.78 is 0. The lowest BCUT2D eigenvalue weighted by Crippen LogP contribution is -2.36. The molecule has 0 aliphatic carbocycles. The summed E-state index contributed by atoms with van der Waals surface area (Å²) in [6.07, 6.45) is 6.47. The molecule has 1 heterocycles. The Bertz CT molecular complexity index is 993. The van der Waals surface area contributed by atoms with Crippen LogP contribution in [0.1, 0.15) is 58.1 Å². The lowest BCUT2D eigenvalue weighted by Gasteiger charge is -2.34. The van der Waals surface area contributed by atoms with E-state index in [1.165, 1.54) is 18.3 Å². The molecular formula is C27H37N5. The summed E-state index contributed by atoms with van der Waals surface area (Å²) in [6, 6.07) is 14.4. The molecule has 0 atom stereocenters. The molecule has 0 aromatic heterocycles. The molecule has 0 amide bonds. The van der Waals surface area contributed by atoms with Gasteiger partial charge in [0.15, 0.2) is 0 Å². The van der Waals surface area contributed by atoms with Crippen LogP contribution in [0, 0.1) is 10.8 Å². The number of aliphatic imine (C=N–C) groups is 1. The van der Waals surface area contributed by atoms with Crippen molar-refractivity contribution in [2.45, 2.75) is 47.0 Å². The number of hydrogen-bond acceptors (Lipinski definition) is 5. The Hall–Kier alpha value is -3.08. The van der Waals surface area contributed by atoms with Gasteiger partial charge in [-0.1, -0.05) is 45.0 Å². The van der Waals surface area contributed by atoms with Crippen molar-refractivity contribution in [3.8, 4) is 0 Å². The number of allylic oxidation sites excluding steroid dienone is 2. The maximum atomic E-state index is 7.72. The third-order valence-corrected chi connectivity index (χ3v) is 5.68. The number of nitrogens with two attached hydrogens (primary N) is 1. The minimum Gasteiger partial charge on any atom is -0.402 e. The number of benzene rings is 2. The van der Waals surface area contributed by atoms with Gasteiger partial charge in [-0.3, -0.25) is 0 Å². The summed E-state index contributed by atoms with van der Waals surface area (Å²) in [5.74, 6) is 0. The third-order valence-electron chi connectivity index (χ3n) is 5.68. The van der Waals surface area contributed by atoms with E-state index in [-0.39, 0.29) is 5.41 Å². The zero-order valence-corrected chi connectivity index (χ0v) is 19.9. The second kappa shape index (κ2) is 10.5. The van der Waals surface area contributed by atoms with E-state index < -0.39 is 0 Å². The maximum absolute atomic E-state index is 7.72. The predicted molar refractivity (Wildman–Crippen MR) is 139 cm³/mol. The number of rotatable bonds is 9. The van der Waals surface area contributed by atoms with E-state index in [2.05, 4.69) is 62.2 Å². The highest BCUT2D eigenvalue weighted by molar-refractivity contribution is 6.11. The molecule has 5 heteroatoms. The van der Waals surface area contributed by atoms with Gasteiger partial charge in [0.05, 0.1) is 17.1 Å². The molecule has 2 aromatic rings. The van der Waals surface area contributed by atoms with E-state index in [0.29, 0.717) is 0 Å². The van der Waals surface area contributed by atoms with Gasteiger partial charge in [-0.05, 0) is 55.9 Å². The first-order valence-corrected chi connectivity index (χ1v) is 11.6. The lowest BCUT2D eigenvalue weighted by atomic mass is 9.89. The number of hydrogen-bond donors (Lipinski definition) is 3. The Morgan fingerprint density at radius 1 is 1.19 bits per heavy atom. The van der Waals surface area contributed by atoms with Crippen LogP contribution in [-0.4, -0.2) is 31.6 Å². The highest BCUT2D eigenvalue weighted by atomic mass is 15.2. The summed E-state index contributed by atoms with van der Waals surface area (Å²) >= 11 is 0. The molecule has 1 saturated heterocycles. The molecule has 0 saturated carbocycles. The molecule has 0 spiro atoms. The topological polar surface area (TPSA) is 77.5 Å². The van der Waals surface area contributed by atoms with Crippen LogP contribution in [0.5, 0.6) is 0 Å². The van der Waals surface area contributed by atoms with E-state index in [1.54, 1.807) is 0 Å². The second-order valence-corrected chi connectivity index (χ2v) is 9.58. The fourth-order valence-electron chi connectivity index (χ4n) is 3.65. The molecule has 0 unspecified atom stereocenters. The quantitative estimate of drug-likeness (QED) is 0.419. The van der Waals surface area contributed by atoms with Crippen LogP contribution in [0.15, 0.2) is 59.2 Å². The largest absolute Gasteiger partial charge is 0.402 e. The highest BCUT2D eigenvalue weighted by Crippen LogP contribution is 2.32. The summed E-state index contributed by atoms with van der Waals surface area (Å²) in [7, 11) is 0. The van der Waals surface area contributed by atoms with Crippen LogP contribution in [-0.2, 0) is 0 Å². The summed E-state index contributed by atoms with van der Waals surface area (Å²) in [5.41, 5.74) is 13.3. The van der Waals surface area contributed by atoms with Crippen molar-refractivity contribution in [1.29, 1.82) is 5.41 Å². The SMILES string of the molecule is CCNc1cc(C(C=C(N)CCC(C)(C)C)=Nc2ccccc2N2CCC2)ccc1C=N. The molecule has 32 heavy (non-hydrogen) atoms. The Morgan fingerprint density at radius 2 is 1.94 bits per heavy atom.